The topological polar surface area (TPSA) is 66.1 Å². The van der Waals surface area contributed by atoms with Crippen LogP contribution in [0.4, 0.5) is 0 Å². The third kappa shape index (κ3) is 5.31. The Balaban J connectivity index is 1.29. The van der Waals surface area contributed by atoms with Crippen LogP contribution in [-0.4, -0.2) is 126 Å². The molecule has 196 valence electrons. The van der Waals surface area contributed by atoms with Crippen LogP contribution in [0.25, 0.3) is 10.9 Å². The minimum atomic E-state index is -0.472. The number of aromatic amines is 1. The summed E-state index contributed by atoms with van der Waals surface area (Å²) < 4.78 is 0. The summed E-state index contributed by atoms with van der Waals surface area (Å²) in [5, 5.41) is 1.09. The molecule has 1 atom stereocenters. The fourth-order valence-corrected chi connectivity index (χ4v) is 6.31. The number of piperidine rings is 2. The van der Waals surface area contributed by atoms with Gasteiger partial charge >= 0.3 is 0 Å². The average molecular weight is 495 g/mol. The Morgan fingerprint density at radius 1 is 0.889 bits per heavy atom. The van der Waals surface area contributed by atoms with Gasteiger partial charge in [-0.1, -0.05) is 6.07 Å². The number of H-pyrrole nitrogens is 1. The number of amides is 2. The standard InChI is InChI=1S/C28H42N6O2/c1-21(27(35)33-18-16-32(17-19-33)24-7-12-30(2)13-8-24)34(25-9-14-31(3)15-10-25)28(36)23-5-4-22-6-11-29-26(22)20-23/h4-6,11,20-21,24-25,29H,7-10,12-19H2,1-3H3/t21-/m1/s1. The van der Waals surface area contributed by atoms with E-state index in [1.54, 1.807) is 0 Å². The van der Waals surface area contributed by atoms with E-state index >= 15 is 0 Å². The average Bonchev–Trinajstić information content (AvgIpc) is 3.38. The Morgan fingerprint density at radius 3 is 2.19 bits per heavy atom. The minimum Gasteiger partial charge on any atom is -0.361 e. The van der Waals surface area contributed by atoms with E-state index in [0.717, 1.165) is 76.1 Å². The molecule has 1 aromatic carbocycles. The van der Waals surface area contributed by atoms with Gasteiger partial charge in [0.15, 0.2) is 0 Å². The van der Waals surface area contributed by atoms with Crippen molar-refractivity contribution in [2.45, 2.75) is 50.7 Å². The van der Waals surface area contributed by atoms with E-state index < -0.39 is 6.04 Å². The van der Waals surface area contributed by atoms with Crippen LogP contribution >= 0.6 is 0 Å². The number of nitrogens with one attached hydrogen (secondary N) is 1. The molecule has 4 heterocycles. The van der Waals surface area contributed by atoms with Crippen LogP contribution in [0.1, 0.15) is 43.0 Å². The molecule has 0 unspecified atom stereocenters. The maximum atomic E-state index is 13.9. The first-order valence-corrected chi connectivity index (χ1v) is 13.7. The summed E-state index contributed by atoms with van der Waals surface area (Å²) in [7, 11) is 4.32. The van der Waals surface area contributed by atoms with Crippen molar-refractivity contribution in [3.05, 3.63) is 36.0 Å². The minimum absolute atomic E-state index is 0.0353. The molecular weight excluding hydrogens is 452 g/mol. The van der Waals surface area contributed by atoms with Gasteiger partial charge in [0.1, 0.15) is 6.04 Å². The molecule has 36 heavy (non-hydrogen) atoms. The SMILES string of the molecule is C[C@H](C(=O)N1CCN(C2CCN(C)CC2)CC1)N(C(=O)c1ccc2cc[nH]c2c1)C1CCN(C)CC1. The Bertz CT molecular complexity index is 1050. The molecule has 5 rings (SSSR count). The fraction of sp³-hybridized carbons (Fsp3) is 0.643. The molecular formula is C28H42N6O2. The fourth-order valence-electron chi connectivity index (χ4n) is 6.31. The third-order valence-corrected chi connectivity index (χ3v) is 8.72. The zero-order valence-corrected chi connectivity index (χ0v) is 22.2. The van der Waals surface area contributed by atoms with E-state index in [1.807, 2.05) is 47.2 Å². The predicted octanol–water partition coefficient (Wildman–Crippen LogP) is 2.33. The summed E-state index contributed by atoms with van der Waals surface area (Å²) in [5.74, 6) is 0.0538. The molecule has 0 bridgehead atoms. The summed E-state index contributed by atoms with van der Waals surface area (Å²) >= 11 is 0. The highest BCUT2D eigenvalue weighted by Crippen LogP contribution is 2.25. The number of nitrogens with zero attached hydrogens (tertiary/aromatic N) is 5. The number of benzene rings is 1. The van der Waals surface area contributed by atoms with Crippen LogP contribution in [0.15, 0.2) is 30.5 Å². The lowest BCUT2D eigenvalue weighted by Crippen LogP contribution is -2.59. The Morgan fingerprint density at radius 2 is 1.53 bits per heavy atom. The molecule has 2 aromatic rings. The van der Waals surface area contributed by atoms with Crippen LogP contribution in [0.5, 0.6) is 0 Å². The van der Waals surface area contributed by atoms with Gasteiger partial charge in [0.2, 0.25) is 5.91 Å². The molecule has 3 aliphatic heterocycles. The van der Waals surface area contributed by atoms with Crippen LogP contribution < -0.4 is 0 Å². The zero-order chi connectivity index (χ0) is 25.2. The molecule has 0 spiro atoms. The van der Waals surface area contributed by atoms with Crippen molar-refractivity contribution in [2.24, 2.45) is 0 Å². The summed E-state index contributed by atoms with van der Waals surface area (Å²) in [6, 6.07) is 8.06. The Labute approximate surface area is 215 Å². The summed E-state index contributed by atoms with van der Waals surface area (Å²) in [6.07, 6.45) is 6.11. The molecule has 0 radical (unpaired) electrons. The van der Waals surface area contributed by atoms with Crippen molar-refractivity contribution in [1.82, 2.24) is 29.5 Å². The van der Waals surface area contributed by atoms with Gasteiger partial charge in [0, 0.05) is 55.5 Å². The molecule has 2 amide bonds. The Kier molecular flexibility index (Phi) is 7.65. The summed E-state index contributed by atoms with van der Waals surface area (Å²) in [5.41, 5.74) is 1.60. The van der Waals surface area contributed by atoms with E-state index in [2.05, 4.69) is 33.8 Å². The lowest BCUT2D eigenvalue weighted by Gasteiger charge is -2.44. The van der Waals surface area contributed by atoms with E-state index in [-0.39, 0.29) is 17.9 Å². The van der Waals surface area contributed by atoms with E-state index in [1.165, 1.54) is 12.8 Å². The van der Waals surface area contributed by atoms with Crippen LogP contribution in [-0.2, 0) is 4.79 Å². The largest absolute Gasteiger partial charge is 0.361 e. The van der Waals surface area contributed by atoms with E-state index in [4.69, 9.17) is 0 Å². The van der Waals surface area contributed by atoms with Gasteiger partial charge in [-0.2, -0.15) is 0 Å². The normalized spacial score (nSPS) is 22.7. The third-order valence-electron chi connectivity index (χ3n) is 8.72. The monoisotopic (exact) mass is 494 g/mol. The number of aromatic nitrogens is 1. The van der Waals surface area contributed by atoms with E-state index in [9.17, 15) is 9.59 Å². The van der Waals surface area contributed by atoms with Crippen LogP contribution in [0, 0.1) is 0 Å². The number of carbonyl (C=O) groups excluding carboxylic acids is 2. The first-order valence-electron chi connectivity index (χ1n) is 13.7. The van der Waals surface area contributed by atoms with Crippen molar-refractivity contribution in [1.29, 1.82) is 0 Å². The molecule has 3 saturated heterocycles. The molecule has 0 saturated carbocycles. The van der Waals surface area contributed by atoms with Crippen LogP contribution in [0.2, 0.25) is 0 Å². The van der Waals surface area contributed by atoms with Crippen molar-refractivity contribution < 1.29 is 9.59 Å². The maximum Gasteiger partial charge on any atom is 0.254 e. The number of likely N-dealkylation sites (tertiary alicyclic amines) is 2. The van der Waals surface area contributed by atoms with Gasteiger partial charge in [-0.25, -0.2) is 0 Å². The smallest absolute Gasteiger partial charge is 0.254 e. The van der Waals surface area contributed by atoms with Crippen molar-refractivity contribution in [3.63, 3.8) is 0 Å². The van der Waals surface area contributed by atoms with Gasteiger partial charge in [0.05, 0.1) is 0 Å². The number of fused-ring (bicyclic) bond motifs is 1. The highest BCUT2D eigenvalue weighted by atomic mass is 16.2. The molecule has 0 aliphatic carbocycles. The maximum absolute atomic E-state index is 13.9. The van der Waals surface area contributed by atoms with Gasteiger partial charge in [0.25, 0.3) is 5.91 Å². The lowest BCUT2D eigenvalue weighted by molar-refractivity contribution is -0.138. The van der Waals surface area contributed by atoms with Crippen molar-refractivity contribution >= 4 is 22.7 Å². The highest BCUT2D eigenvalue weighted by Gasteiger charge is 2.37. The number of hydrogen-bond donors (Lipinski definition) is 1. The highest BCUT2D eigenvalue weighted by molar-refractivity contribution is 6.00. The number of carbonyl (C=O) groups is 2. The first kappa shape index (κ1) is 25.2. The molecule has 3 fully saturated rings. The second-order valence-corrected chi connectivity index (χ2v) is 11.1. The lowest BCUT2D eigenvalue weighted by atomic mass is 9.99. The van der Waals surface area contributed by atoms with E-state index in [0.29, 0.717) is 11.6 Å². The summed E-state index contributed by atoms with van der Waals surface area (Å²) in [4.78, 5) is 42.1. The van der Waals surface area contributed by atoms with Crippen molar-refractivity contribution in [3.8, 4) is 0 Å². The molecule has 8 heteroatoms. The van der Waals surface area contributed by atoms with Gasteiger partial charge in [-0.15, -0.1) is 0 Å². The summed E-state index contributed by atoms with van der Waals surface area (Å²) in [6.45, 7) is 9.50. The molecule has 1 N–H and O–H groups in total. The second kappa shape index (κ2) is 10.9. The molecule has 3 aliphatic rings. The molecule has 1 aromatic heterocycles. The van der Waals surface area contributed by atoms with Gasteiger partial charge in [-0.05, 0) is 96.5 Å². The van der Waals surface area contributed by atoms with Gasteiger partial charge < -0.3 is 24.6 Å². The number of rotatable bonds is 5. The predicted molar refractivity (Wildman–Crippen MR) is 143 cm³/mol. The quantitative estimate of drug-likeness (QED) is 0.691. The molecule has 8 nitrogen and oxygen atoms in total. The second-order valence-electron chi connectivity index (χ2n) is 11.1. The first-order chi connectivity index (χ1) is 17.4. The number of piperazine rings is 1. The van der Waals surface area contributed by atoms with Gasteiger partial charge in [-0.3, -0.25) is 14.5 Å². The van der Waals surface area contributed by atoms with Crippen LogP contribution in [0.3, 0.4) is 0 Å². The van der Waals surface area contributed by atoms with Crippen molar-refractivity contribution in [2.75, 3.05) is 66.5 Å². The Hall–Kier alpha value is -2.42. The zero-order valence-electron chi connectivity index (χ0n) is 22.2. The number of hydrogen-bond acceptors (Lipinski definition) is 5.